The third kappa shape index (κ3) is 5.94. The third-order valence-electron chi connectivity index (χ3n) is 4.41. The number of nitrogen functional groups attached to an aromatic ring is 2. The summed E-state index contributed by atoms with van der Waals surface area (Å²) in [5.74, 6) is 0.613. The van der Waals surface area contributed by atoms with Crippen LogP contribution in [-0.4, -0.2) is 17.6 Å². The molecule has 0 saturated heterocycles. The average Bonchev–Trinajstić information content (AvgIpc) is 2.65. The maximum atomic E-state index is 12.3. The van der Waals surface area contributed by atoms with Crippen LogP contribution in [0.1, 0.15) is 50.7 Å². The first-order chi connectivity index (χ1) is 13.3. The summed E-state index contributed by atoms with van der Waals surface area (Å²) < 4.78 is 5.61. The van der Waals surface area contributed by atoms with E-state index < -0.39 is 0 Å². The molecule has 0 aromatic heterocycles. The lowest BCUT2D eigenvalue weighted by atomic mass is 9.99. The first-order valence-electron chi connectivity index (χ1n) is 9.42. The molecule has 2 rings (SSSR count). The molecule has 0 heterocycles. The van der Waals surface area contributed by atoms with Crippen molar-refractivity contribution >= 4 is 17.6 Å². The van der Waals surface area contributed by atoms with Gasteiger partial charge in [-0.1, -0.05) is 44.9 Å². The lowest BCUT2D eigenvalue weighted by molar-refractivity contribution is -0.134. The SMILES string of the molecule is CC(C)CCCCC(=O)Oc1ccc(C(=N)N)cc1-c1cccc(C(=N)N)c1. The molecule has 0 radical (unpaired) electrons. The number of benzene rings is 2. The van der Waals surface area contributed by atoms with Crippen LogP contribution < -0.4 is 16.2 Å². The second-order valence-electron chi connectivity index (χ2n) is 7.23. The van der Waals surface area contributed by atoms with Crippen molar-refractivity contribution in [3.05, 3.63) is 53.6 Å². The summed E-state index contributed by atoms with van der Waals surface area (Å²) in [6, 6.07) is 12.1. The Labute approximate surface area is 165 Å². The van der Waals surface area contributed by atoms with Crippen molar-refractivity contribution in [3.8, 4) is 16.9 Å². The largest absolute Gasteiger partial charge is 0.426 e. The fourth-order valence-electron chi connectivity index (χ4n) is 2.86. The van der Waals surface area contributed by atoms with Crippen molar-refractivity contribution in [2.75, 3.05) is 0 Å². The van der Waals surface area contributed by atoms with E-state index in [2.05, 4.69) is 13.8 Å². The number of hydrogen-bond acceptors (Lipinski definition) is 4. The molecule has 0 atom stereocenters. The molecule has 148 valence electrons. The zero-order chi connectivity index (χ0) is 20.7. The average molecular weight is 380 g/mol. The summed E-state index contributed by atoms with van der Waals surface area (Å²) in [5, 5.41) is 15.3. The number of hydrogen-bond donors (Lipinski definition) is 4. The molecule has 0 spiro atoms. The smallest absolute Gasteiger partial charge is 0.311 e. The molecule has 6 heteroatoms. The predicted molar refractivity (Wildman–Crippen MR) is 113 cm³/mol. The molecule has 0 unspecified atom stereocenters. The van der Waals surface area contributed by atoms with Crippen molar-refractivity contribution in [2.45, 2.75) is 39.5 Å². The van der Waals surface area contributed by atoms with Crippen molar-refractivity contribution in [2.24, 2.45) is 17.4 Å². The van der Waals surface area contributed by atoms with Gasteiger partial charge < -0.3 is 16.2 Å². The lowest BCUT2D eigenvalue weighted by Crippen LogP contribution is -2.13. The number of rotatable bonds is 9. The van der Waals surface area contributed by atoms with Crippen molar-refractivity contribution < 1.29 is 9.53 Å². The Morgan fingerprint density at radius 1 is 1.00 bits per heavy atom. The molecule has 0 aliphatic rings. The quantitative estimate of drug-likeness (QED) is 0.172. The van der Waals surface area contributed by atoms with E-state index in [9.17, 15) is 4.79 Å². The monoisotopic (exact) mass is 380 g/mol. The van der Waals surface area contributed by atoms with Gasteiger partial charge in [0.2, 0.25) is 0 Å². The minimum atomic E-state index is -0.289. The number of unbranched alkanes of at least 4 members (excludes halogenated alkanes) is 1. The zero-order valence-corrected chi connectivity index (χ0v) is 16.4. The Hall–Kier alpha value is -3.15. The fourth-order valence-corrected chi connectivity index (χ4v) is 2.86. The van der Waals surface area contributed by atoms with E-state index in [1.165, 1.54) is 0 Å². The highest BCUT2D eigenvalue weighted by molar-refractivity contribution is 5.98. The van der Waals surface area contributed by atoms with E-state index in [0.29, 0.717) is 34.8 Å². The van der Waals surface area contributed by atoms with Gasteiger partial charge in [0.05, 0.1) is 0 Å². The summed E-state index contributed by atoms with van der Waals surface area (Å²) in [6.45, 7) is 4.33. The number of carbonyl (C=O) groups excluding carboxylic acids is 1. The minimum absolute atomic E-state index is 0.0479. The van der Waals surface area contributed by atoms with Crippen LogP contribution in [0.25, 0.3) is 11.1 Å². The molecule has 0 amide bonds. The van der Waals surface area contributed by atoms with E-state index in [1.807, 2.05) is 6.07 Å². The number of nitrogens with two attached hydrogens (primary N) is 2. The Kier molecular flexibility index (Phi) is 7.32. The summed E-state index contributed by atoms with van der Waals surface area (Å²) in [5.41, 5.74) is 13.7. The Morgan fingerprint density at radius 3 is 2.32 bits per heavy atom. The van der Waals surface area contributed by atoms with Crippen LogP contribution >= 0.6 is 0 Å². The standard InChI is InChI=1S/C22H28N4O2/c1-14(2)6-3-4-9-20(27)28-19-11-10-17(22(25)26)13-18(19)15-7-5-8-16(12-15)21(23)24/h5,7-8,10-14H,3-4,6,9H2,1-2H3,(H3,23,24)(H3,25,26). The molecule has 6 nitrogen and oxygen atoms in total. The second kappa shape index (κ2) is 9.69. The van der Waals surface area contributed by atoms with Gasteiger partial charge in [0.15, 0.2) is 0 Å². The van der Waals surface area contributed by atoms with Crippen LogP contribution in [0.2, 0.25) is 0 Å². The molecule has 0 bridgehead atoms. The molecule has 6 N–H and O–H groups in total. The molecule has 28 heavy (non-hydrogen) atoms. The minimum Gasteiger partial charge on any atom is -0.426 e. The van der Waals surface area contributed by atoms with Crippen LogP contribution in [0.15, 0.2) is 42.5 Å². The van der Waals surface area contributed by atoms with Crippen LogP contribution in [0.4, 0.5) is 0 Å². The predicted octanol–water partition coefficient (Wildman–Crippen LogP) is 4.04. The summed E-state index contributed by atoms with van der Waals surface area (Å²) in [4.78, 5) is 12.3. The summed E-state index contributed by atoms with van der Waals surface area (Å²) in [6.07, 6.45) is 3.22. The maximum Gasteiger partial charge on any atom is 0.311 e. The molecule has 2 aromatic carbocycles. The van der Waals surface area contributed by atoms with Gasteiger partial charge in [0, 0.05) is 23.1 Å². The summed E-state index contributed by atoms with van der Waals surface area (Å²) >= 11 is 0. The number of carbonyl (C=O) groups is 1. The molecule has 0 aliphatic carbocycles. The van der Waals surface area contributed by atoms with Crippen molar-refractivity contribution in [1.82, 2.24) is 0 Å². The van der Waals surface area contributed by atoms with E-state index in [-0.39, 0.29) is 17.6 Å². The van der Waals surface area contributed by atoms with E-state index in [0.717, 1.165) is 24.8 Å². The molecule has 2 aromatic rings. The summed E-state index contributed by atoms with van der Waals surface area (Å²) in [7, 11) is 0. The topological polar surface area (TPSA) is 126 Å². The van der Waals surface area contributed by atoms with Gasteiger partial charge in [-0.05, 0) is 42.2 Å². The van der Waals surface area contributed by atoms with E-state index >= 15 is 0 Å². The first kappa shape index (κ1) is 21.2. The maximum absolute atomic E-state index is 12.3. The highest BCUT2D eigenvalue weighted by atomic mass is 16.5. The van der Waals surface area contributed by atoms with Gasteiger partial charge in [0.1, 0.15) is 17.4 Å². The van der Waals surface area contributed by atoms with E-state index in [1.54, 1.807) is 36.4 Å². The third-order valence-corrected chi connectivity index (χ3v) is 4.41. The van der Waals surface area contributed by atoms with Gasteiger partial charge in [-0.15, -0.1) is 0 Å². The molecule has 0 saturated carbocycles. The van der Waals surface area contributed by atoms with Gasteiger partial charge in [-0.2, -0.15) is 0 Å². The Bertz CT molecular complexity index is 875. The molecular formula is C22H28N4O2. The van der Waals surface area contributed by atoms with Crippen LogP contribution in [0.3, 0.4) is 0 Å². The Morgan fingerprint density at radius 2 is 1.68 bits per heavy atom. The van der Waals surface area contributed by atoms with E-state index in [4.69, 9.17) is 27.0 Å². The van der Waals surface area contributed by atoms with Crippen molar-refractivity contribution in [3.63, 3.8) is 0 Å². The number of esters is 1. The van der Waals surface area contributed by atoms with Gasteiger partial charge in [-0.25, -0.2) is 0 Å². The van der Waals surface area contributed by atoms with Gasteiger partial charge in [0.25, 0.3) is 0 Å². The normalized spacial score (nSPS) is 10.7. The number of nitrogens with one attached hydrogen (secondary N) is 2. The van der Waals surface area contributed by atoms with Crippen LogP contribution in [0, 0.1) is 16.7 Å². The van der Waals surface area contributed by atoms with Gasteiger partial charge >= 0.3 is 5.97 Å². The second-order valence-corrected chi connectivity index (χ2v) is 7.23. The zero-order valence-electron chi connectivity index (χ0n) is 16.4. The van der Waals surface area contributed by atoms with Gasteiger partial charge in [-0.3, -0.25) is 15.6 Å². The molecular weight excluding hydrogens is 352 g/mol. The molecule has 0 fully saturated rings. The van der Waals surface area contributed by atoms with Crippen molar-refractivity contribution in [1.29, 1.82) is 10.8 Å². The highest BCUT2D eigenvalue weighted by Crippen LogP contribution is 2.32. The Balaban J connectivity index is 2.27. The van der Waals surface area contributed by atoms with Crippen LogP contribution in [-0.2, 0) is 4.79 Å². The number of amidine groups is 2. The number of ether oxygens (including phenoxy) is 1. The first-order valence-corrected chi connectivity index (χ1v) is 9.42. The molecule has 0 aliphatic heterocycles. The highest BCUT2D eigenvalue weighted by Gasteiger charge is 2.14. The van der Waals surface area contributed by atoms with Crippen LogP contribution in [0.5, 0.6) is 5.75 Å². The lowest BCUT2D eigenvalue weighted by Gasteiger charge is -2.13. The fraction of sp³-hybridized carbons (Fsp3) is 0.318.